The Morgan fingerprint density at radius 1 is 0.689 bits per heavy atom. The number of imide groups is 1. The van der Waals surface area contributed by atoms with Gasteiger partial charge in [-0.3, -0.25) is 19.2 Å². The number of hydrogen-bond donors (Lipinski definition) is 0. The average Bonchev–Trinajstić information content (AvgIpc) is 3.56. The number of benzene rings is 4. The van der Waals surface area contributed by atoms with Crippen molar-refractivity contribution in [1.29, 1.82) is 0 Å². The van der Waals surface area contributed by atoms with Crippen LogP contribution in [0.1, 0.15) is 57.2 Å². The maximum Gasteiger partial charge on any atom is 0.316 e. The molecule has 0 spiro atoms. The van der Waals surface area contributed by atoms with Crippen molar-refractivity contribution >= 4 is 35.1 Å². The van der Waals surface area contributed by atoms with E-state index < -0.39 is 23.7 Å². The van der Waals surface area contributed by atoms with Gasteiger partial charge in [0.15, 0.2) is 0 Å². The van der Waals surface area contributed by atoms with Crippen LogP contribution in [0.3, 0.4) is 0 Å². The molecular weight excluding hydrogens is 564 g/mol. The van der Waals surface area contributed by atoms with Gasteiger partial charge in [0.25, 0.3) is 0 Å². The van der Waals surface area contributed by atoms with Crippen molar-refractivity contribution in [2.45, 2.75) is 39.0 Å². The number of hydrogen-bond acceptors (Lipinski definition) is 5. The van der Waals surface area contributed by atoms with Crippen LogP contribution in [0.25, 0.3) is 0 Å². The second kappa shape index (κ2) is 9.99. The molecule has 0 radical (unpaired) electrons. The van der Waals surface area contributed by atoms with Crippen LogP contribution in [-0.2, 0) is 19.2 Å². The molecule has 2 aliphatic heterocycles. The summed E-state index contributed by atoms with van der Waals surface area (Å²) in [5.41, 5.74) is 8.68. The fraction of sp³-hybridized carbons (Fsp3) is 0.263. The molecule has 5 aliphatic rings. The number of carbonyl (C=O) groups is 4. The highest BCUT2D eigenvalue weighted by Gasteiger charge is 2.61. The molecule has 0 aromatic heterocycles. The molecule has 2 bridgehead atoms. The fourth-order valence-electron chi connectivity index (χ4n) is 8.07. The van der Waals surface area contributed by atoms with Crippen LogP contribution >= 0.6 is 0 Å². The van der Waals surface area contributed by atoms with Crippen LogP contribution < -0.4 is 14.5 Å². The third-order valence-corrected chi connectivity index (χ3v) is 10.3. The second-order valence-electron chi connectivity index (χ2n) is 12.8. The van der Waals surface area contributed by atoms with Crippen molar-refractivity contribution in [2.75, 3.05) is 16.3 Å². The first kappa shape index (κ1) is 27.5. The molecular formula is C38H32N2O5. The van der Waals surface area contributed by atoms with E-state index in [1.165, 1.54) is 4.90 Å². The third kappa shape index (κ3) is 4.03. The maximum absolute atomic E-state index is 14.2. The summed E-state index contributed by atoms with van der Waals surface area (Å²) in [5.74, 6) is -2.53. The molecule has 4 aromatic rings. The molecule has 2 fully saturated rings. The Bertz CT molecular complexity index is 1850. The Hall–Kier alpha value is -5.04. The van der Waals surface area contributed by atoms with Gasteiger partial charge in [0.2, 0.25) is 17.7 Å². The molecule has 3 atom stereocenters. The van der Waals surface area contributed by atoms with E-state index in [9.17, 15) is 19.2 Å². The first-order valence-corrected chi connectivity index (χ1v) is 15.5. The number of ether oxygens (including phenoxy) is 1. The van der Waals surface area contributed by atoms with Crippen molar-refractivity contribution in [1.82, 2.24) is 0 Å². The predicted octanol–water partition coefficient (Wildman–Crippen LogP) is 5.97. The maximum atomic E-state index is 14.2. The summed E-state index contributed by atoms with van der Waals surface area (Å²) in [4.78, 5) is 57.2. The number of amides is 3. The molecule has 224 valence electrons. The number of anilines is 2. The monoisotopic (exact) mass is 596 g/mol. The van der Waals surface area contributed by atoms with Crippen molar-refractivity contribution in [3.8, 4) is 5.75 Å². The molecule has 9 rings (SSSR count). The largest absolute Gasteiger partial charge is 0.426 e. The SMILES string of the molecule is Cc1ccc(N2C[C@@H](C(=O)Oc3ccc(N4C(=O)[C@@H]5C6c7ccccc7C(c7ccccc76)[C@@H]5C4=O)c(C)c3)CC2=O)cc1C. The van der Waals surface area contributed by atoms with Crippen molar-refractivity contribution < 1.29 is 23.9 Å². The average molecular weight is 597 g/mol. The third-order valence-electron chi connectivity index (χ3n) is 10.3. The van der Waals surface area contributed by atoms with Gasteiger partial charge >= 0.3 is 5.97 Å². The van der Waals surface area contributed by atoms with E-state index in [1.807, 2.05) is 63.2 Å². The summed E-state index contributed by atoms with van der Waals surface area (Å²) in [5, 5.41) is 0. The molecule has 7 nitrogen and oxygen atoms in total. The first-order valence-electron chi connectivity index (χ1n) is 15.5. The number of esters is 1. The smallest absolute Gasteiger partial charge is 0.316 e. The van der Waals surface area contributed by atoms with Gasteiger partial charge in [0, 0.05) is 30.5 Å². The van der Waals surface area contributed by atoms with E-state index in [2.05, 4.69) is 24.3 Å². The molecule has 0 saturated carbocycles. The highest BCUT2D eigenvalue weighted by atomic mass is 16.5. The van der Waals surface area contributed by atoms with Gasteiger partial charge in [-0.05, 0) is 90.0 Å². The van der Waals surface area contributed by atoms with Crippen LogP contribution in [0, 0.1) is 38.5 Å². The standard InChI is InChI=1S/C38H32N2O5/c1-20-12-13-24(16-21(20)2)39-19-23(18-31(39)41)38(44)45-25-14-15-30(22(3)17-25)40-36(42)34-32-26-8-4-5-9-27(26)33(35(34)37(40)43)29-11-7-6-10-28(29)32/h4-17,23,32-35H,18-19H2,1-3H3/t23-,32?,33?,34-,35+/m0/s1. The van der Waals surface area contributed by atoms with Crippen LogP contribution in [-0.4, -0.2) is 30.2 Å². The van der Waals surface area contributed by atoms with E-state index in [0.717, 1.165) is 39.1 Å². The summed E-state index contributed by atoms with van der Waals surface area (Å²) in [7, 11) is 0. The lowest BCUT2D eigenvalue weighted by Gasteiger charge is -2.45. The molecule has 45 heavy (non-hydrogen) atoms. The van der Waals surface area contributed by atoms with Crippen LogP contribution in [0.15, 0.2) is 84.9 Å². The molecule has 3 amide bonds. The Kier molecular flexibility index (Phi) is 6.11. The number of rotatable bonds is 4. The Morgan fingerprint density at radius 3 is 1.80 bits per heavy atom. The number of carbonyl (C=O) groups excluding carboxylic acids is 4. The normalized spacial score (nSPS) is 24.5. The zero-order valence-electron chi connectivity index (χ0n) is 25.3. The molecule has 2 heterocycles. The van der Waals surface area contributed by atoms with E-state index in [0.29, 0.717) is 17.0 Å². The summed E-state index contributed by atoms with van der Waals surface area (Å²) in [6, 6.07) is 27.2. The molecule has 3 aliphatic carbocycles. The van der Waals surface area contributed by atoms with E-state index >= 15 is 0 Å². The van der Waals surface area contributed by atoms with Crippen LogP contribution in [0.5, 0.6) is 5.75 Å². The van der Waals surface area contributed by atoms with Crippen LogP contribution in [0.2, 0.25) is 0 Å². The topological polar surface area (TPSA) is 84.0 Å². The number of nitrogens with zero attached hydrogens (tertiary/aromatic N) is 2. The van der Waals surface area contributed by atoms with Crippen molar-refractivity contribution in [2.24, 2.45) is 17.8 Å². The highest BCUT2D eigenvalue weighted by molar-refractivity contribution is 6.23. The zero-order valence-corrected chi connectivity index (χ0v) is 25.3. The Balaban J connectivity index is 1.04. The summed E-state index contributed by atoms with van der Waals surface area (Å²) in [6.45, 7) is 6.08. The van der Waals surface area contributed by atoms with Gasteiger partial charge in [0.05, 0.1) is 23.4 Å². The summed E-state index contributed by atoms with van der Waals surface area (Å²) >= 11 is 0. The minimum Gasteiger partial charge on any atom is -0.426 e. The van der Waals surface area contributed by atoms with E-state index in [4.69, 9.17) is 4.74 Å². The zero-order chi connectivity index (χ0) is 31.1. The van der Waals surface area contributed by atoms with Crippen LogP contribution in [0.4, 0.5) is 11.4 Å². The Morgan fingerprint density at radius 2 is 1.27 bits per heavy atom. The van der Waals surface area contributed by atoms with Crippen molar-refractivity contribution in [3.63, 3.8) is 0 Å². The quantitative estimate of drug-likeness (QED) is 0.165. The first-order chi connectivity index (χ1) is 21.7. The van der Waals surface area contributed by atoms with E-state index in [-0.39, 0.29) is 42.5 Å². The molecule has 4 aromatic carbocycles. The molecule has 2 saturated heterocycles. The van der Waals surface area contributed by atoms with Crippen molar-refractivity contribution in [3.05, 3.63) is 124 Å². The van der Waals surface area contributed by atoms with Gasteiger partial charge in [-0.1, -0.05) is 54.6 Å². The highest BCUT2D eigenvalue weighted by Crippen LogP contribution is 2.61. The Labute approximate surface area is 261 Å². The lowest BCUT2D eigenvalue weighted by Crippen LogP contribution is -2.41. The second-order valence-corrected chi connectivity index (χ2v) is 12.8. The predicted molar refractivity (Wildman–Crippen MR) is 169 cm³/mol. The van der Waals surface area contributed by atoms with Gasteiger partial charge in [0.1, 0.15) is 5.75 Å². The minimum atomic E-state index is -0.595. The lowest BCUT2D eigenvalue weighted by molar-refractivity contribution is -0.139. The van der Waals surface area contributed by atoms with Gasteiger partial charge in [-0.2, -0.15) is 0 Å². The molecule has 0 N–H and O–H groups in total. The van der Waals surface area contributed by atoms with E-state index in [1.54, 1.807) is 23.1 Å². The van der Waals surface area contributed by atoms with Gasteiger partial charge in [-0.25, -0.2) is 4.90 Å². The molecule has 0 unspecified atom stereocenters. The lowest BCUT2D eigenvalue weighted by atomic mass is 9.55. The number of aryl methyl sites for hydroxylation is 3. The van der Waals surface area contributed by atoms with Gasteiger partial charge in [-0.15, -0.1) is 0 Å². The van der Waals surface area contributed by atoms with Gasteiger partial charge < -0.3 is 9.64 Å². The molecule has 7 heteroatoms. The summed E-state index contributed by atoms with van der Waals surface area (Å²) in [6.07, 6.45) is 0.0789. The fourth-order valence-corrected chi connectivity index (χ4v) is 8.07. The summed E-state index contributed by atoms with van der Waals surface area (Å²) < 4.78 is 5.74. The minimum absolute atomic E-state index is 0.0789.